The fraction of sp³-hybridized carbons (Fsp3) is 0.720. The lowest BCUT2D eigenvalue weighted by atomic mass is 9.60. The summed E-state index contributed by atoms with van der Waals surface area (Å²) in [6.45, 7) is 8.17. The lowest BCUT2D eigenvalue weighted by Crippen LogP contribution is -2.52. The van der Waals surface area contributed by atoms with Crippen LogP contribution in [0.2, 0.25) is 0 Å². The van der Waals surface area contributed by atoms with Gasteiger partial charge >= 0.3 is 6.09 Å². The molecule has 3 atom stereocenters. The third kappa shape index (κ3) is 4.96. The summed E-state index contributed by atoms with van der Waals surface area (Å²) in [7, 11) is 0. The Labute approximate surface area is 177 Å². The third-order valence-electron chi connectivity index (χ3n) is 7.22. The fourth-order valence-electron chi connectivity index (χ4n) is 5.25. The quantitative estimate of drug-likeness (QED) is 0.628. The van der Waals surface area contributed by atoms with Crippen molar-refractivity contribution >= 4 is 6.09 Å². The Morgan fingerprint density at radius 1 is 1.17 bits per heavy atom. The number of benzene rings is 1. The predicted molar refractivity (Wildman–Crippen MR) is 119 cm³/mol. The van der Waals surface area contributed by atoms with Crippen molar-refractivity contribution in [1.82, 2.24) is 4.90 Å². The van der Waals surface area contributed by atoms with Crippen LogP contribution in [0.25, 0.3) is 0 Å². The van der Waals surface area contributed by atoms with Crippen LogP contribution in [0, 0.1) is 5.92 Å². The van der Waals surface area contributed by atoms with E-state index < -0.39 is 0 Å². The van der Waals surface area contributed by atoms with Crippen LogP contribution < -0.4 is 10.5 Å². The normalized spacial score (nSPS) is 26.2. The van der Waals surface area contributed by atoms with E-state index in [2.05, 4.69) is 32.9 Å². The average Bonchev–Trinajstić information content (AvgIpc) is 2.71. The van der Waals surface area contributed by atoms with Crippen molar-refractivity contribution in [2.45, 2.75) is 96.4 Å². The molecule has 0 aromatic heterocycles. The van der Waals surface area contributed by atoms with E-state index >= 15 is 0 Å². The van der Waals surface area contributed by atoms with E-state index in [-0.39, 0.29) is 17.6 Å². The maximum atomic E-state index is 12.8. The van der Waals surface area contributed by atoms with Crippen LogP contribution >= 0.6 is 0 Å². The summed E-state index contributed by atoms with van der Waals surface area (Å²) in [5.41, 5.74) is 9.48. The molecule has 2 aliphatic rings. The topological polar surface area (TPSA) is 55.6 Å². The number of fused-ring (bicyclic) bond motifs is 4. The van der Waals surface area contributed by atoms with Gasteiger partial charge in [0.05, 0.1) is 0 Å². The van der Waals surface area contributed by atoms with Gasteiger partial charge in [0.2, 0.25) is 0 Å². The molecule has 0 aliphatic heterocycles. The molecule has 1 saturated carbocycles. The van der Waals surface area contributed by atoms with Crippen molar-refractivity contribution in [2.75, 3.05) is 13.1 Å². The molecule has 29 heavy (non-hydrogen) atoms. The molecule has 3 rings (SSSR count). The van der Waals surface area contributed by atoms with Crippen LogP contribution in [-0.2, 0) is 11.8 Å². The molecule has 1 amide bonds. The van der Waals surface area contributed by atoms with E-state index in [0.29, 0.717) is 11.7 Å². The maximum absolute atomic E-state index is 12.8. The summed E-state index contributed by atoms with van der Waals surface area (Å²) in [4.78, 5) is 14.7. The summed E-state index contributed by atoms with van der Waals surface area (Å²) >= 11 is 0. The molecule has 0 saturated heterocycles. The molecule has 1 aromatic rings. The summed E-state index contributed by atoms with van der Waals surface area (Å²) in [6.07, 6.45) is 11.2. The van der Waals surface area contributed by atoms with E-state index in [4.69, 9.17) is 10.5 Å². The number of hydrogen-bond acceptors (Lipinski definition) is 3. The van der Waals surface area contributed by atoms with E-state index in [0.717, 1.165) is 51.6 Å². The Hall–Kier alpha value is -1.55. The number of nitrogens with zero attached hydrogens (tertiary/aromatic N) is 1. The number of ether oxygens (including phenoxy) is 1. The van der Waals surface area contributed by atoms with Gasteiger partial charge in [-0.1, -0.05) is 58.9 Å². The van der Waals surface area contributed by atoms with Crippen LogP contribution in [0.4, 0.5) is 4.79 Å². The second-order valence-corrected chi connectivity index (χ2v) is 9.39. The summed E-state index contributed by atoms with van der Waals surface area (Å²) in [5, 5.41) is 0. The van der Waals surface area contributed by atoms with Gasteiger partial charge in [0.25, 0.3) is 0 Å². The second-order valence-electron chi connectivity index (χ2n) is 9.39. The molecule has 2 N–H and O–H groups in total. The number of carbonyl (C=O) groups is 1. The maximum Gasteiger partial charge on any atom is 0.415 e. The fourth-order valence-corrected chi connectivity index (χ4v) is 5.25. The molecular formula is C25H40N2O2. The predicted octanol–water partition coefficient (Wildman–Crippen LogP) is 5.81. The van der Waals surface area contributed by atoms with E-state index in [1.165, 1.54) is 36.8 Å². The number of nitrogens with two attached hydrogens (primary N) is 1. The van der Waals surface area contributed by atoms with Crippen molar-refractivity contribution in [3.05, 3.63) is 29.3 Å². The van der Waals surface area contributed by atoms with Crippen LogP contribution in [0.1, 0.15) is 89.7 Å². The van der Waals surface area contributed by atoms with E-state index in [1.807, 2.05) is 11.0 Å². The molecule has 2 aliphatic carbocycles. The highest BCUT2D eigenvalue weighted by Gasteiger charge is 2.43. The number of hydrogen-bond donors (Lipinski definition) is 1. The van der Waals surface area contributed by atoms with Crippen molar-refractivity contribution < 1.29 is 9.53 Å². The van der Waals surface area contributed by atoms with Gasteiger partial charge < -0.3 is 15.4 Å². The van der Waals surface area contributed by atoms with Gasteiger partial charge in [-0.05, 0) is 61.3 Å². The van der Waals surface area contributed by atoms with Gasteiger partial charge in [0, 0.05) is 24.5 Å². The smallest absolute Gasteiger partial charge is 0.410 e. The first-order chi connectivity index (χ1) is 14.0. The summed E-state index contributed by atoms with van der Waals surface area (Å²) in [5.74, 6) is 1.24. The van der Waals surface area contributed by atoms with Crippen LogP contribution in [-0.4, -0.2) is 30.1 Å². The van der Waals surface area contributed by atoms with Crippen molar-refractivity contribution in [3.8, 4) is 5.75 Å². The van der Waals surface area contributed by atoms with Crippen LogP contribution in [0.5, 0.6) is 5.75 Å². The Balaban J connectivity index is 1.80. The molecule has 4 heteroatoms. The summed E-state index contributed by atoms with van der Waals surface area (Å²) < 4.78 is 5.86. The molecule has 4 nitrogen and oxygen atoms in total. The molecule has 0 radical (unpaired) electrons. The number of carbonyl (C=O) groups excluding carboxylic acids is 1. The van der Waals surface area contributed by atoms with Gasteiger partial charge in [-0.15, -0.1) is 0 Å². The van der Waals surface area contributed by atoms with Crippen molar-refractivity contribution in [2.24, 2.45) is 11.7 Å². The number of unbranched alkanes of at least 4 members (excludes halogenated alkanes) is 2. The van der Waals surface area contributed by atoms with Gasteiger partial charge in [-0.25, -0.2) is 4.79 Å². The molecule has 162 valence electrons. The van der Waals surface area contributed by atoms with Crippen LogP contribution in [0.3, 0.4) is 0 Å². The average molecular weight is 401 g/mol. The standard InChI is InChI=1S/C25H40N2O2/c1-4-6-15-27(16-7-5-2)24(28)29-21-13-12-19-17-20-11-9-8-10-14-25(3,23(20)26)22(19)18-21/h12-13,18,20,23H,4-11,14-17,26H2,1-3H3/t20?,23-,25+/m0/s1. The highest BCUT2D eigenvalue weighted by Crippen LogP contribution is 2.46. The number of rotatable bonds is 7. The first-order valence-corrected chi connectivity index (χ1v) is 11.8. The van der Waals surface area contributed by atoms with E-state index in [1.54, 1.807) is 0 Å². The Morgan fingerprint density at radius 3 is 2.59 bits per heavy atom. The minimum Gasteiger partial charge on any atom is -0.410 e. The van der Waals surface area contributed by atoms with Gasteiger partial charge in [0.1, 0.15) is 5.75 Å². The first kappa shape index (κ1) is 22.1. The second kappa shape index (κ2) is 9.97. The Bertz CT molecular complexity index is 681. The molecule has 2 bridgehead atoms. The molecular weight excluding hydrogens is 360 g/mol. The van der Waals surface area contributed by atoms with Crippen molar-refractivity contribution in [1.29, 1.82) is 0 Å². The monoisotopic (exact) mass is 400 g/mol. The molecule has 1 aromatic carbocycles. The summed E-state index contributed by atoms with van der Waals surface area (Å²) in [6, 6.07) is 6.46. The lowest BCUT2D eigenvalue weighted by Gasteiger charge is -2.47. The Kier molecular flexibility index (Phi) is 7.61. The van der Waals surface area contributed by atoms with Gasteiger partial charge in [-0.2, -0.15) is 0 Å². The zero-order valence-corrected chi connectivity index (χ0v) is 18.7. The van der Waals surface area contributed by atoms with Gasteiger partial charge in [-0.3, -0.25) is 0 Å². The SMILES string of the molecule is CCCCN(CCCC)C(=O)Oc1ccc2c(c1)[C@@]1(C)CCCCCC(C2)[C@@H]1N. The highest BCUT2D eigenvalue weighted by atomic mass is 16.6. The van der Waals surface area contributed by atoms with Crippen LogP contribution in [0.15, 0.2) is 18.2 Å². The third-order valence-corrected chi connectivity index (χ3v) is 7.22. The lowest BCUT2D eigenvalue weighted by molar-refractivity contribution is 0.150. The molecule has 0 spiro atoms. The zero-order chi connectivity index (χ0) is 20.9. The Morgan fingerprint density at radius 2 is 1.90 bits per heavy atom. The highest BCUT2D eigenvalue weighted by molar-refractivity contribution is 5.71. The largest absolute Gasteiger partial charge is 0.415 e. The minimum absolute atomic E-state index is 0.0226. The first-order valence-electron chi connectivity index (χ1n) is 11.8. The zero-order valence-electron chi connectivity index (χ0n) is 18.7. The molecule has 0 heterocycles. The number of amides is 1. The minimum atomic E-state index is -0.215. The van der Waals surface area contributed by atoms with Crippen molar-refractivity contribution in [3.63, 3.8) is 0 Å². The molecule has 1 unspecified atom stereocenters. The molecule has 1 fully saturated rings. The van der Waals surface area contributed by atoms with Gasteiger partial charge in [0.15, 0.2) is 0 Å². The van der Waals surface area contributed by atoms with E-state index in [9.17, 15) is 4.79 Å².